The number of ether oxygens (including phenoxy) is 1. The molecule has 0 spiro atoms. The molecule has 0 fully saturated rings. The maximum absolute atomic E-state index is 12.2. The Morgan fingerprint density at radius 1 is 1.00 bits per heavy atom. The van der Waals surface area contributed by atoms with Crippen molar-refractivity contribution in [1.82, 2.24) is 0 Å². The molecule has 0 aliphatic rings. The van der Waals surface area contributed by atoms with Gasteiger partial charge < -0.3 is 13.8 Å². The van der Waals surface area contributed by atoms with E-state index < -0.39 is 13.6 Å². The Kier molecular flexibility index (Phi) is 10.3. The van der Waals surface area contributed by atoms with E-state index in [0.717, 1.165) is 25.7 Å². The van der Waals surface area contributed by atoms with Crippen molar-refractivity contribution in [1.29, 1.82) is 0 Å². The lowest BCUT2D eigenvalue weighted by Gasteiger charge is -2.16. The van der Waals surface area contributed by atoms with Crippen molar-refractivity contribution < 1.29 is 23.1 Å². The molecule has 1 atom stereocenters. The molecule has 0 N–H and O–H groups in total. The van der Waals surface area contributed by atoms with Gasteiger partial charge in [0.1, 0.15) is 6.16 Å². The molecule has 0 aliphatic heterocycles. The second-order valence-corrected chi connectivity index (χ2v) is 6.00. The lowest BCUT2D eigenvalue weighted by Crippen LogP contribution is -2.14. The minimum absolute atomic E-state index is 0.256. The fourth-order valence-corrected chi connectivity index (χ4v) is 2.67. The molecule has 6 heteroatoms. The predicted octanol–water partition coefficient (Wildman–Crippen LogP) is 3.38. The van der Waals surface area contributed by atoms with Crippen LogP contribution in [0.5, 0.6) is 0 Å². The molecule has 0 rings (SSSR count). The topological polar surface area (TPSA) is 61.8 Å². The SMILES string of the molecule is CCCCOC(=O)CP(=O)(OCC)OCCCC. The average Bonchev–Trinajstić information content (AvgIpc) is 2.29. The molecule has 108 valence electrons. The standard InChI is InChI=1S/C12H25O5P/c1-4-7-9-15-12(13)11-18(14,16-6-3)17-10-8-5-2/h4-11H2,1-3H3. The molecule has 0 aromatic heterocycles. The summed E-state index contributed by atoms with van der Waals surface area (Å²) in [4.78, 5) is 11.5. The van der Waals surface area contributed by atoms with Crippen LogP contribution in [0.25, 0.3) is 0 Å². The van der Waals surface area contributed by atoms with Crippen LogP contribution in [-0.4, -0.2) is 32.0 Å². The summed E-state index contributed by atoms with van der Waals surface area (Å²) in [6.45, 7) is 6.69. The van der Waals surface area contributed by atoms with Crippen molar-refractivity contribution in [2.45, 2.75) is 46.5 Å². The summed E-state index contributed by atoms with van der Waals surface area (Å²) < 4.78 is 27.5. The Morgan fingerprint density at radius 2 is 1.61 bits per heavy atom. The Bertz CT molecular complexity index is 267. The van der Waals surface area contributed by atoms with Crippen LogP contribution in [0, 0.1) is 0 Å². The van der Waals surface area contributed by atoms with E-state index in [1.54, 1.807) is 6.92 Å². The molecule has 0 aliphatic carbocycles. The summed E-state index contributed by atoms with van der Waals surface area (Å²) in [6, 6.07) is 0. The smallest absolute Gasteiger partial charge is 0.341 e. The summed E-state index contributed by atoms with van der Waals surface area (Å²) in [5.41, 5.74) is 0. The largest absolute Gasteiger partial charge is 0.465 e. The second kappa shape index (κ2) is 10.5. The molecule has 18 heavy (non-hydrogen) atoms. The third-order valence-corrected chi connectivity index (χ3v) is 4.07. The van der Waals surface area contributed by atoms with Crippen molar-refractivity contribution >= 4 is 13.6 Å². The van der Waals surface area contributed by atoms with Crippen LogP contribution in [0.1, 0.15) is 46.5 Å². The van der Waals surface area contributed by atoms with Crippen molar-refractivity contribution in [2.24, 2.45) is 0 Å². The Hall–Kier alpha value is -0.380. The normalized spacial score (nSPS) is 14.2. The molecule has 5 nitrogen and oxygen atoms in total. The quantitative estimate of drug-likeness (QED) is 0.330. The van der Waals surface area contributed by atoms with Crippen molar-refractivity contribution in [3.8, 4) is 0 Å². The van der Waals surface area contributed by atoms with Crippen LogP contribution in [0.4, 0.5) is 0 Å². The van der Waals surface area contributed by atoms with Crippen molar-refractivity contribution in [3.05, 3.63) is 0 Å². The van der Waals surface area contributed by atoms with Gasteiger partial charge in [-0.3, -0.25) is 9.36 Å². The summed E-state index contributed by atoms with van der Waals surface area (Å²) in [6.07, 6.45) is 3.19. The zero-order valence-corrected chi connectivity index (χ0v) is 12.5. The highest BCUT2D eigenvalue weighted by Gasteiger charge is 2.28. The molecule has 0 saturated carbocycles. The van der Waals surface area contributed by atoms with E-state index >= 15 is 0 Å². The third-order valence-electron chi connectivity index (χ3n) is 2.20. The van der Waals surface area contributed by atoms with Gasteiger partial charge in [-0.1, -0.05) is 26.7 Å². The number of hydrogen-bond donors (Lipinski definition) is 0. The number of carbonyl (C=O) groups is 1. The number of esters is 1. The average molecular weight is 280 g/mol. The summed E-state index contributed by atoms with van der Waals surface area (Å²) >= 11 is 0. The van der Waals surface area contributed by atoms with Crippen LogP contribution in [0.2, 0.25) is 0 Å². The van der Waals surface area contributed by atoms with Gasteiger partial charge in [-0.25, -0.2) is 0 Å². The van der Waals surface area contributed by atoms with Crippen molar-refractivity contribution in [3.63, 3.8) is 0 Å². The lowest BCUT2D eigenvalue weighted by molar-refractivity contribution is -0.140. The first-order valence-corrected chi connectivity index (χ1v) is 8.34. The molecule has 0 saturated heterocycles. The number of unbranched alkanes of at least 4 members (excludes halogenated alkanes) is 2. The van der Waals surface area contributed by atoms with E-state index in [-0.39, 0.29) is 12.8 Å². The Labute approximate surface area is 110 Å². The summed E-state index contributed by atoms with van der Waals surface area (Å²) in [5, 5.41) is 0. The number of hydrogen-bond acceptors (Lipinski definition) is 5. The molecular formula is C12H25O5P. The molecule has 1 unspecified atom stereocenters. The number of carbonyl (C=O) groups excluding carboxylic acids is 1. The monoisotopic (exact) mass is 280 g/mol. The highest BCUT2D eigenvalue weighted by molar-refractivity contribution is 7.54. The zero-order valence-electron chi connectivity index (χ0n) is 11.6. The van der Waals surface area contributed by atoms with Gasteiger partial charge in [-0.15, -0.1) is 0 Å². The van der Waals surface area contributed by atoms with E-state index in [1.165, 1.54) is 0 Å². The highest BCUT2D eigenvalue weighted by atomic mass is 31.2. The van der Waals surface area contributed by atoms with Gasteiger partial charge in [0.2, 0.25) is 0 Å². The molecule has 0 bridgehead atoms. The van der Waals surface area contributed by atoms with Crippen LogP contribution in [-0.2, 0) is 23.1 Å². The zero-order chi connectivity index (χ0) is 13.9. The van der Waals surface area contributed by atoms with E-state index in [9.17, 15) is 9.36 Å². The predicted molar refractivity (Wildman–Crippen MR) is 70.8 cm³/mol. The molecule has 0 radical (unpaired) electrons. The maximum Gasteiger partial charge on any atom is 0.341 e. The fraction of sp³-hybridized carbons (Fsp3) is 0.917. The third kappa shape index (κ3) is 8.67. The first-order valence-electron chi connectivity index (χ1n) is 6.61. The maximum atomic E-state index is 12.2. The molecule has 0 aromatic carbocycles. The second-order valence-electron chi connectivity index (χ2n) is 3.95. The first-order chi connectivity index (χ1) is 8.58. The Morgan fingerprint density at radius 3 is 2.17 bits per heavy atom. The lowest BCUT2D eigenvalue weighted by atomic mass is 10.4. The van der Waals surface area contributed by atoms with E-state index in [1.807, 2.05) is 13.8 Å². The molecule has 0 heterocycles. The minimum Gasteiger partial charge on any atom is -0.465 e. The van der Waals surface area contributed by atoms with Crippen LogP contribution >= 0.6 is 7.60 Å². The van der Waals surface area contributed by atoms with E-state index in [2.05, 4.69) is 0 Å². The number of rotatable bonds is 11. The molecule has 0 amide bonds. The van der Waals surface area contributed by atoms with Gasteiger partial charge in [0.05, 0.1) is 19.8 Å². The molecule has 0 aromatic rings. The van der Waals surface area contributed by atoms with Gasteiger partial charge in [-0.2, -0.15) is 0 Å². The van der Waals surface area contributed by atoms with Crippen LogP contribution < -0.4 is 0 Å². The molecular weight excluding hydrogens is 255 g/mol. The van der Waals surface area contributed by atoms with Gasteiger partial charge >= 0.3 is 13.6 Å². The van der Waals surface area contributed by atoms with Crippen LogP contribution in [0.15, 0.2) is 0 Å². The van der Waals surface area contributed by atoms with Gasteiger partial charge in [0, 0.05) is 0 Å². The first kappa shape index (κ1) is 17.6. The van der Waals surface area contributed by atoms with Gasteiger partial charge in [-0.05, 0) is 19.8 Å². The van der Waals surface area contributed by atoms with Gasteiger partial charge in [0.15, 0.2) is 0 Å². The van der Waals surface area contributed by atoms with Crippen molar-refractivity contribution in [2.75, 3.05) is 26.0 Å². The summed E-state index contributed by atoms with van der Waals surface area (Å²) in [7, 11) is -3.33. The van der Waals surface area contributed by atoms with Crippen LogP contribution in [0.3, 0.4) is 0 Å². The minimum atomic E-state index is -3.33. The summed E-state index contributed by atoms with van der Waals surface area (Å²) in [5.74, 6) is -0.517. The van der Waals surface area contributed by atoms with E-state index in [4.69, 9.17) is 13.8 Å². The van der Waals surface area contributed by atoms with Gasteiger partial charge in [0.25, 0.3) is 0 Å². The highest BCUT2D eigenvalue weighted by Crippen LogP contribution is 2.48. The fourth-order valence-electron chi connectivity index (χ4n) is 1.21. The Balaban J connectivity index is 4.14. The van der Waals surface area contributed by atoms with E-state index in [0.29, 0.717) is 13.2 Å².